The number of carbonyl (C=O) groups is 1. The number of nitrogens with one attached hydrogen (secondary N) is 1. The molecule has 3 aromatic carbocycles. The van der Waals surface area contributed by atoms with Crippen LogP contribution in [-0.2, 0) is 6.42 Å². The topological polar surface area (TPSA) is 35.6 Å². The molecule has 4 nitrogen and oxygen atoms in total. The zero-order valence-electron chi connectivity index (χ0n) is 17.7. The molecule has 1 aliphatic heterocycles. The Labute approximate surface area is 193 Å². The molecule has 162 valence electrons. The second kappa shape index (κ2) is 9.90. The Balaban J connectivity index is 1.47. The van der Waals surface area contributed by atoms with Gasteiger partial charge >= 0.3 is 0 Å². The standard InChI is InChI=1S/C25H27Cl2N3O/c1-2-3-8-20-19-9-5-4-7-18(19)12-13-21(20)25(31)28-30-16-14-29(15-17-30)23-11-6-10-22(26)24(23)27/h4-7,9-13H,2-3,8,14-17H2,1H3,(H,28,31). The number of hydrogen-bond acceptors (Lipinski definition) is 3. The fourth-order valence-electron chi connectivity index (χ4n) is 4.17. The Morgan fingerprint density at radius 2 is 1.74 bits per heavy atom. The maximum atomic E-state index is 13.2. The number of rotatable bonds is 6. The van der Waals surface area contributed by atoms with Crippen LogP contribution in [0.3, 0.4) is 0 Å². The van der Waals surface area contributed by atoms with Gasteiger partial charge in [0.15, 0.2) is 0 Å². The first kappa shape index (κ1) is 21.9. The molecule has 31 heavy (non-hydrogen) atoms. The fourth-order valence-corrected chi connectivity index (χ4v) is 4.59. The molecule has 4 rings (SSSR count). The van der Waals surface area contributed by atoms with Crippen LogP contribution < -0.4 is 10.3 Å². The van der Waals surface area contributed by atoms with E-state index in [4.69, 9.17) is 23.2 Å². The molecule has 0 saturated carbocycles. The van der Waals surface area contributed by atoms with Crippen molar-refractivity contribution in [2.75, 3.05) is 31.1 Å². The highest BCUT2D eigenvalue weighted by atomic mass is 35.5. The average molecular weight is 456 g/mol. The Morgan fingerprint density at radius 1 is 0.968 bits per heavy atom. The summed E-state index contributed by atoms with van der Waals surface area (Å²) in [7, 11) is 0. The highest BCUT2D eigenvalue weighted by molar-refractivity contribution is 6.43. The maximum Gasteiger partial charge on any atom is 0.265 e. The van der Waals surface area contributed by atoms with E-state index in [1.54, 1.807) is 6.07 Å². The lowest BCUT2D eigenvalue weighted by Crippen LogP contribution is -2.53. The van der Waals surface area contributed by atoms with Crippen LogP contribution in [-0.4, -0.2) is 37.1 Å². The number of amides is 1. The smallest absolute Gasteiger partial charge is 0.265 e. The van der Waals surface area contributed by atoms with Gasteiger partial charge in [-0.25, -0.2) is 5.01 Å². The molecule has 0 aromatic heterocycles. The van der Waals surface area contributed by atoms with Crippen LogP contribution in [0, 0.1) is 0 Å². The van der Waals surface area contributed by atoms with E-state index in [1.165, 1.54) is 10.8 Å². The minimum absolute atomic E-state index is 0.0360. The van der Waals surface area contributed by atoms with Gasteiger partial charge in [0.1, 0.15) is 0 Å². The number of unbranched alkanes of at least 4 members (excludes halogenated alkanes) is 1. The molecule has 1 saturated heterocycles. The molecule has 1 fully saturated rings. The van der Waals surface area contributed by atoms with Crippen LogP contribution in [0.1, 0.15) is 35.7 Å². The van der Waals surface area contributed by atoms with E-state index in [1.807, 2.05) is 41.4 Å². The van der Waals surface area contributed by atoms with Gasteiger partial charge in [-0.2, -0.15) is 0 Å². The van der Waals surface area contributed by atoms with E-state index >= 15 is 0 Å². The van der Waals surface area contributed by atoms with Crippen molar-refractivity contribution in [1.29, 1.82) is 0 Å². The van der Waals surface area contributed by atoms with Crippen molar-refractivity contribution in [3.63, 3.8) is 0 Å². The van der Waals surface area contributed by atoms with Crippen LogP contribution in [0.15, 0.2) is 54.6 Å². The Hall–Kier alpha value is -2.27. The lowest BCUT2D eigenvalue weighted by molar-refractivity contribution is 0.0776. The molecule has 6 heteroatoms. The van der Waals surface area contributed by atoms with Crippen molar-refractivity contribution in [1.82, 2.24) is 10.4 Å². The Morgan fingerprint density at radius 3 is 2.52 bits per heavy atom. The predicted octanol–water partition coefficient (Wildman–Crippen LogP) is 5.96. The highest BCUT2D eigenvalue weighted by Crippen LogP contribution is 2.33. The number of nitrogens with zero attached hydrogens (tertiary/aromatic N) is 2. The van der Waals surface area contributed by atoms with Gasteiger partial charge in [-0.05, 0) is 47.4 Å². The first-order chi connectivity index (χ1) is 15.1. The number of aryl methyl sites for hydroxylation is 1. The van der Waals surface area contributed by atoms with Crippen molar-refractivity contribution in [2.45, 2.75) is 26.2 Å². The predicted molar refractivity (Wildman–Crippen MR) is 130 cm³/mol. The van der Waals surface area contributed by atoms with E-state index in [0.29, 0.717) is 23.1 Å². The van der Waals surface area contributed by atoms with Crippen molar-refractivity contribution < 1.29 is 4.79 Å². The van der Waals surface area contributed by atoms with Crippen LogP contribution in [0.25, 0.3) is 10.8 Å². The van der Waals surface area contributed by atoms with Crippen molar-refractivity contribution in [3.05, 3.63) is 75.8 Å². The molecule has 0 unspecified atom stereocenters. The van der Waals surface area contributed by atoms with Gasteiger partial charge < -0.3 is 4.90 Å². The summed E-state index contributed by atoms with van der Waals surface area (Å²) >= 11 is 12.5. The van der Waals surface area contributed by atoms with Gasteiger partial charge in [0.25, 0.3) is 5.91 Å². The summed E-state index contributed by atoms with van der Waals surface area (Å²) in [6.07, 6.45) is 3.06. The first-order valence-electron chi connectivity index (χ1n) is 10.8. The molecule has 1 aliphatic rings. The molecule has 0 bridgehead atoms. The summed E-state index contributed by atoms with van der Waals surface area (Å²) in [6, 6.07) is 18.0. The second-order valence-corrected chi connectivity index (χ2v) is 8.69. The number of anilines is 1. The average Bonchev–Trinajstić information content (AvgIpc) is 2.79. The summed E-state index contributed by atoms with van der Waals surface area (Å²) in [5.41, 5.74) is 5.98. The number of benzene rings is 3. The molecule has 1 heterocycles. The van der Waals surface area contributed by atoms with Gasteiger partial charge in [0, 0.05) is 31.7 Å². The summed E-state index contributed by atoms with van der Waals surface area (Å²) < 4.78 is 0. The number of hydrogen-bond donors (Lipinski definition) is 1. The first-order valence-corrected chi connectivity index (χ1v) is 11.6. The van der Waals surface area contributed by atoms with Gasteiger partial charge in [0.05, 0.1) is 15.7 Å². The molecule has 3 aromatic rings. The quantitative estimate of drug-likeness (QED) is 0.498. The van der Waals surface area contributed by atoms with E-state index in [2.05, 4.69) is 29.4 Å². The van der Waals surface area contributed by atoms with E-state index in [0.717, 1.165) is 49.2 Å². The SMILES string of the molecule is CCCCc1c(C(=O)NN2CCN(c3cccc(Cl)c3Cl)CC2)ccc2ccccc12. The van der Waals surface area contributed by atoms with Gasteiger partial charge in [-0.15, -0.1) is 0 Å². The van der Waals surface area contributed by atoms with Gasteiger partial charge in [-0.1, -0.05) is 72.9 Å². The number of fused-ring (bicyclic) bond motifs is 1. The molecular formula is C25H27Cl2N3O. The van der Waals surface area contributed by atoms with Gasteiger partial charge in [-0.3, -0.25) is 10.2 Å². The van der Waals surface area contributed by atoms with Crippen molar-refractivity contribution in [3.8, 4) is 0 Å². The van der Waals surface area contributed by atoms with Gasteiger partial charge in [0.2, 0.25) is 0 Å². The number of carbonyl (C=O) groups excluding carboxylic acids is 1. The molecular weight excluding hydrogens is 429 g/mol. The van der Waals surface area contributed by atoms with E-state index in [9.17, 15) is 4.79 Å². The van der Waals surface area contributed by atoms with E-state index < -0.39 is 0 Å². The Kier molecular flexibility index (Phi) is 7.01. The minimum Gasteiger partial charge on any atom is -0.368 e. The number of hydrazine groups is 1. The summed E-state index contributed by atoms with van der Waals surface area (Å²) in [5, 5.41) is 5.49. The van der Waals surface area contributed by atoms with Crippen LogP contribution >= 0.6 is 23.2 Å². The van der Waals surface area contributed by atoms with E-state index in [-0.39, 0.29) is 5.91 Å². The largest absolute Gasteiger partial charge is 0.368 e. The number of halogens is 2. The number of piperazine rings is 1. The highest BCUT2D eigenvalue weighted by Gasteiger charge is 2.22. The molecule has 0 atom stereocenters. The van der Waals surface area contributed by atoms with Crippen LogP contribution in [0.5, 0.6) is 0 Å². The fraction of sp³-hybridized carbons (Fsp3) is 0.320. The lowest BCUT2D eigenvalue weighted by atomic mass is 9.94. The van der Waals surface area contributed by atoms with Crippen molar-refractivity contribution in [2.24, 2.45) is 0 Å². The van der Waals surface area contributed by atoms with Crippen molar-refractivity contribution >= 4 is 45.6 Å². The van der Waals surface area contributed by atoms with Crippen LogP contribution in [0.2, 0.25) is 10.0 Å². The molecule has 0 radical (unpaired) electrons. The monoisotopic (exact) mass is 455 g/mol. The maximum absolute atomic E-state index is 13.2. The summed E-state index contributed by atoms with van der Waals surface area (Å²) in [5.74, 6) is -0.0360. The third kappa shape index (κ3) is 4.82. The second-order valence-electron chi connectivity index (χ2n) is 7.90. The molecule has 0 spiro atoms. The summed E-state index contributed by atoms with van der Waals surface area (Å²) in [6.45, 7) is 5.14. The lowest BCUT2D eigenvalue weighted by Gasteiger charge is -2.36. The third-order valence-corrected chi connectivity index (χ3v) is 6.69. The zero-order valence-corrected chi connectivity index (χ0v) is 19.2. The summed E-state index contributed by atoms with van der Waals surface area (Å²) in [4.78, 5) is 15.4. The minimum atomic E-state index is -0.0360. The molecule has 1 amide bonds. The van der Waals surface area contributed by atoms with Crippen LogP contribution in [0.4, 0.5) is 5.69 Å². The Bertz CT molecular complexity index is 1080. The third-order valence-electron chi connectivity index (χ3n) is 5.88. The zero-order chi connectivity index (χ0) is 21.8. The molecule has 1 N–H and O–H groups in total. The molecule has 0 aliphatic carbocycles. The normalized spacial score (nSPS) is 14.7.